The van der Waals surface area contributed by atoms with Gasteiger partial charge in [0.25, 0.3) is 0 Å². The van der Waals surface area contributed by atoms with Crippen LogP contribution in [0, 0.1) is 0 Å². The van der Waals surface area contributed by atoms with Crippen molar-refractivity contribution in [1.29, 1.82) is 0 Å². The molecule has 0 bridgehead atoms. The molecule has 2 rings (SSSR count). The molecular formula is C16H17BrClN. The molecule has 0 saturated carbocycles. The van der Waals surface area contributed by atoms with Gasteiger partial charge in [-0.25, -0.2) is 0 Å². The highest BCUT2D eigenvalue weighted by atomic mass is 79.9. The van der Waals surface area contributed by atoms with Gasteiger partial charge < -0.3 is 5.32 Å². The molecule has 2 aromatic carbocycles. The van der Waals surface area contributed by atoms with E-state index in [-0.39, 0.29) is 0 Å². The monoisotopic (exact) mass is 337 g/mol. The summed E-state index contributed by atoms with van der Waals surface area (Å²) in [6, 6.07) is 16.5. The first-order valence-corrected chi connectivity index (χ1v) is 7.51. The van der Waals surface area contributed by atoms with Gasteiger partial charge in [0, 0.05) is 22.0 Å². The lowest BCUT2D eigenvalue weighted by molar-refractivity contribution is 0.626. The predicted molar refractivity (Wildman–Crippen MR) is 86.0 cm³/mol. The molecule has 1 nitrogen and oxygen atoms in total. The lowest BCUT2D eigenvalue weighted by atomic mass is 9.92. The molecule has 3 heteroatoms. The summed E-state index contributed by atoms with van der Waals surface area (Å²) in [5.74, 6) is 0.382. The molecule has 0 saturated heterocycles. The Morgan fingerprint density at radius 1 is 1.16 bits per heavy atom. The van der Waals surface area contributed by atoms with Gasteiger partial charge in [-0.15, -0.1) is 0 Å². The normalized spacial score (nSPS) is 12.4. The highest BCUT2D eigenvalue weighted by molar-refractivity contribution is 9.10. The molecule has 1 atom stereocenters. The van der Waals surface area contributed by atoms with Crippen molar-refractivity contribution in [3.05, 3.63) is 69.2 Å². The second-order valence-electron chi connectivity index (χ2n) is 4.61. The second kappa shape index (κ2) is 7.09. The van der Waals surface area contributed by atoms with E-state index in [0.717, 1.165) is 22.5 Å². The Balaban J connectivity index is 2.24. The third-order valence-electron chi connectivity index (χ3n) is 3.17. The summed E-state index contributed by atoms with van der Waals surface area (Å²) < 4.78 is 1.12. The molecule has 0 fully saturated rings. The van der Waals surface area contributed by atoms with Gasteiger partial charge in [0.2, 0.25) is 0 Å². The van der Waals surface area contributed by atoms with Crippen LogP contribution >= 0.6 is 27.5 Å². The molecule has 1 unspecified atom stereocenters. The minimum absolute atomic E-state index is 0.382. The SMILES string of the molecule is CNCC(Cc1cccc(Br)c1)c1ccccc1Cl. The summed E-state index contributed by atoms with van der Waals surface area (Å²) in [7, 11) is 1.98. The van der Waals surface area contributed by atoms with Gasteiger partial charge in [-0.3, -0.25) is 0 Å². The quantitative estimate of drug-likeness (QED) is 0.837. The lowest BCUT2D eigenvalue weighted by Gasteiger charge is -2.18. The van der Waals surface area contributed by atoms with Crippen molar-refractivity contribution in [2.24, 2.45) is 0 Å². The maximum Gasteiger partial charge on any atom is 0.0441 e. The molecule has 0 amide bonds. The van der Waals surface area contributed by atoms with Crippen molar-refractivity contribution in [2.45, 2.75) is 12.3 Å². The fourth-order valence-electron chi connectivity index (χ4n) is 2.29. The number of likely N-dealkylation sites (N-methyl/N-ethyl adjacent to an activating group) is 1. The number of nitrogens with one attached hydrogen (secondary N) is 1. The van der Waals surface area contributed by atoms with Gasteiger partial charge in [0.1, 0.15) is 0 Å². The Labute approximate surface area is 128 Å². The summed E-state index contributed by atoms with van der Waals surface area (Å²) in [6.07, 6.45) is 0.976. The van der Waals surface area contributed by atoms with Crippen molar-refractivity contribution in [2.75, 3.05) is 13.6 Å². The van der Waals surface area contributed by atoms with Crippen molar-refractivity contribution in [3.8, 4) is 0 Å². The van der Waals surface area contributed by atoms with Crippen LogP contribution in [0.25, 0.3) is 0 Å². The summed E-state index contributed by atoms with van der Waals surface area (Å²) in [4.78, 5) is 0. The molecule has 0 radical (unpaired) electrons. The molecule has 100 valence electrons. The van der Waals surface area contributed by atoms with Crippen LogP contribution in [0.15, 0.2) is 53.0 Å². The van der Waals surface area contributed by atoms with Crippen LogP contribution < -0.4 is 5.32 Å². The van der Waals surface area contributed by atoms with E-state index < -0.39 is 0 Å². The topological polar surface area (TPSA) is 12.0 Å². The zero-order chi connectivity index (χ0) is 13.7. The smallest absolute Gasteiger partial charge is 0.0441 e. The first kappa shape index (κ1) is 14.6. The summed E-state index contributed by atoms with van der Waals surface area (Å²) in [6.45, 7) is 0.913. The summed E-state index contributed by atoms with van der Waals surface area (Å²) in [5.41, 5.74) is 2.52. The van der Waals surface area contributed by atoms with E-state index in [1.54, 1.807) is 0 Å². The average molecular weight is 339 g/mol. The number of rotatable bonds is 5. The van der Waals surface area contributed by atoms with E-state index in [1.165, 1.54) is 11.1 Å². The van der Waals surface area contributed by atoms with E-state index >= 15 is 0 Å². The fourth-order valence-corrected chi connectivity index (χ4v) is 3.03. The molecule has 2 aromatic rings. The number of halogens is 2. The van der Waals surface area contributed by atoms with E-state index in [9.17, 15) is 0 Å². The Morgan fingerprint density at radius 2 is 1.95 bits per heavy atom. The van der Waals surface area contributed by atoms with E-state index in [2.05, 4.69) is 45.5 Å². The van der Waals surface area contributed by atoms with Crippen LogP contribution in [0.5, 0.6) is 0 Å². The zero-order valence-corrected chi connectivity index (χ0v) is 13.2. The van der Waals surface area contributed by atoms with Gasteiger partial charge >= 0.3 is 0 Å². The Kier molecular flexibility index (Phi) is 5.44. The van der Waals surface area contributed by atoms with Gasteiger partial charge in [-0.05, 0) is 42.8 Å². The zero-order valence-electron chi connectivity index (χ0n) is 10.9. The van der Waals surface area contributed by atoms with Crippen molar-refractivity contribution in [1.82, 2.24) is 5.32 Å². The number of hydrogen-bond donors (Lipinski definition) is 1. The second-order valence-corrected chi connectivity index (χ2v) is 5.93. The van der Waals surface area contributed by atoms with E-state index in [0.29, 0.717) is 5.92 Å². The van der Waals surface area contributed by atoms with Crippen molar-refractivity contribution >= 4 is 27.5 Å². The molecule has 0 aliphatic carbocycles. The highest BCUT2D eigenvalue weighted by Crippen LogP contribution is 2.27. The molecular weight excluding hydrogens is 322 g/mol. The first-order valence-electron chi connectivity index (χ1n) is 6.34. The highest BCUT2D eigenvalue weighted by Gasteiger charge is 2.14. The molecule has 0 aliphatic rings. The standard InChI is InChI=1S/C16H17BrClN/c1-19-11-13(15-7-2-3-8-16(15)18)9-12-5-4-6-14(17)10-12/h2-8,10,13,19H,9,11H2,1H3. The largest absolute Gasteiger partial charge is 0.319 e. The predicted octanol–water partition coefficient (Wildman–Crippen LogP) is 4.65. The van der Waals surface area contributed by atoms with Crippen molar-refractivity contribution in [3.63, 3.8) is 0 Å². The van der Waals surface area contributed by atoms with Gasteiger partial charge in [-0.2, -0.15) is 0 Å². The summed E-state index contributed by atoms with van der Waals surface area (Å²) in [5, 5.41) is 4.10. The van der Waals surface area contributed by atoms with Crippen LogP contribution in [0.3, 0.4) is 0 Å². The van der Waals surface area contributed by atoms with Gasteiger partial charge in [-0.1, -0.05) is 57.9 Å². The molecule has 0 aromatic heterocycles. The number of benzene rings is 2. The van der Waals surface area contributed by atoms with Crippen LogP contribution in [0.4, 0.5) is 0 Å². The number of hydrogen-bond acceptors (Lipinski definition) is 1. The Hall–Kier alpha value is -0.830. The van der Waals surface area contributed by atoms with Crippen molar-refractivity contribution < 1.29 is 0 Å². The minimum Gasteiger partial charge on any atom is -0.319 e. The molecule has 0 aliphatic heterocycles. The van der Waals surface area contributed by atoms with Crippen LogP contribution in [0.2, 0.25) is 5.02 Å². The first-order chi connectivity index (χ1) is 9.20. The van der Waals surface area contributed by atoms with E-state index in [1.807, 2.05) is 31.3 Å². The Morgan fingerprint density at radius 3 is 2.63 bits per heavy atom. The van der Waals surface area contributed by atoms with Crippen LogP contribution in [0.1, 0.15) is 17.0 Å². The summed E-state index contributed by atoms with van der Waals surface area (Å²) >= 11 is 9.84. The van der Waals surface area contributed by atoms with Gasteiger partial charge in [0.15, 0.2) is 0 Å². The molecule has 0 spiro atoms. The third-order valence-corrected chi connectivity index (χ3v) is 4.00. The average Bonchev–Trinajstić information content (AvgIpc) is 2.39. The maximum absolute atomic E-state index is 6.32. The van der Waals surface area contributed by atoms with Crippen LogP contribution in [-0.4, -0.2) is 13.6 Å². The maximum atomic E-state index is 6.32. The lowest BCUT2D eigenvalue weighted by Crippen LogP contribution is -2.19. The molecule has 0 heterocycles. The Bertz CT molecular complexity index is 542. The molecule has 1 N–H and O–H groups in total. The van der Waals surface area contributed by atoms with Gasteiger partial charge in [0.05, 0.1) is 0 Å². The fraction of sp³-hybridized carbons (Fsp3) is 0.250. The minimum atomic E-state index is 0.382. The third kappa shape index (κ3) is 4.07. The van der Waals surface area contributed by atoms with E-state index in [4.69, 9.17) is 11.6 Å². The van der Waals surface area contributed by atoms with Crippen LogP contribution in [-0.2, 0) is 6.42 Å². The molecule has 19 heavy (non-hydrogen) atoms.